The number of hydrogen-bond donors (Lipinski definition) is 0. The minimum atomic E-state index is 0.0605. The topological polar surface area (TPSA) is 51.0 Å². The first-order valence-corrected chi connectivity index (χ1v) is 11.1. The summed E-state index contributed by atoms with van der Waals surface area (Å²) in [5.74, 6) is 0.0605. The van der Waals surface area contributed by atoms with Crippen LogP contribution in [0.3, 0.4) is 0 Å². The lowest BCUT2D eigenvalue weighted by Gasteiger charge is -2.27. The van der Waals surface area contributed by atoms with E-state index in [4.69, 9.17) is 4.98 Å². The molecule has 0 atom stereocenters. The molecule has 7 heteroatoms. The van der Waals surface area contributed by atoms with E-state index in [0.717, 1.165) is 34.6 Å². The standard InChI is InChI=1S/C21H20N4OS2/c1-13(2)25-20-16(11-22-25)15(10-17(23-20)19-4-3-8-27-19)21(26)24-7-5-18-14(12-24)6-9-28-18/h3-4,6,8-11,13H,5,7,12H2,1-2H3. The van der Waals surface area contributed by atoms with Gasteiger partial charge in [0.25, 0.3) is 5.91 Å². The van der Waals surface area contributed by atoms with Crippen LogP contribution in [-0.4, -0.2) is 32.1 Å². The Hall–Kier alpha value is -2.51. The van der Waals surface area contributed by atoms with Gasteiger partial charge in [-0.1, -0.05) is 6.07 Å². The molecule has 142 valence electrons. The third kappa shape index (κ3) is 2.86. The molecule has 0 aromatic carbocycles. The van der Waals surface area contributed by atoms with E-state index in [1.807, 2.05) is 33.2 Å². The van der Waals surface area contributed by atoms with E-state index in [0.29, 0.717) is 12.1 Å². The predicted octanol–water partition coefficient (Wildman–Crippen LogP) is 5.00. The number of pyridine rings is 1. The Bertz CT molecular complexity index is 1160. The first-order valence-electron chi connectivity index (χ1n) is 9.38. The molecule has 0 spiro atoms. The fourth-order valence-corrected chi connectivity index (χ4v) is 5.29. The number of fused-ring (bicyclic) bond motifs is 2. The van der Waals surface area contributed by atoms with Gasteiger partial charge in [0.05, 0.1) is 27.7 Å². The van der Waals surface area contributed by atoms with Crippen molar-refractivity contribution < 1.29 is 4.79 Å². The second-order valence-electron chi connectivity index (χ2n) is 7.30. The number of rotatable bonds is 3. The summed E-state index contributed by atoms with van der Waals surface area (Å²) in [7, 11) is 0. The average Bonchev–Trinajstić information content (AvgIpc) is 3.45. The van der Waals surface area contributed by atoms with Crippen LogP contribution in [0.25, 0.3) is 21.6 Å². The summed E-state index contributed by atoms with van der Waals surface area (Å²) in [5, 5.41) is 9.50. The molecule has 0 unspecified atom stereocenters. The molecule has 5 nitrogen and oxygen atoms in total. The maximum atomic E-state index is 13.5. The number of amides is 1. The van der Waals surface area contributed by atoms with Crippen molar-refractivity contribution in [3.63, 3.8) is 0 Å². The van der Waals surface area contributed by atoms with E-state index in [9.17, 15) is 4.79 Å². The highest BCUT2D eigenvalue weighted by molar-refractivity contribution is 7.13. The number of hydrogen-bond acceptors (Lipinski definition) is 5. The summed E-state index contributed by atoms with van der Waals surface area (Å²) in [6.07, 6.45) is 2.71. The minimum Gasteiger partial charge on any atom is -0.334 e. The Morgan fingerprint density at radius 1 is 1.21 bits per heavy atom. The second-order valence-corrected chi connectivity index (χ2v) is 9.25. The van der Waals surface area contributed by atoms with Crippen molar-refractivity contribution in [1.82, 2.24) is 19.7 Å². The van der Waals surface area contributed by atoms with Crippen molar-refractivity contribution >= 4 is 39.6 Å². The van der Waals surface area contributed by atoms with Crippen LogP contribution in [0, 0.1) is 0 Å². The summed E-state index contributed by atoms with van der Waals surface area (Å²) in [4.78, 5) is 22.8. The van der Waals surface area contributed by atoms with Crippen molar-refractivity contribution in [3.05, 3.63) is 57.2 Å². The maximum Gasteiger partial charge on any atom is 0.255 e. The van der Waals surface area contributed by atoms with Crippen molar-refractivity contribution in [2.75, 3.05) is 6.54 Å². The third-order valence-electron chi connectivity index (χ3n) is 5.15. The van der Waals surface area contributed by atoms with Crippen molar-refractivity contribution in [2.45, 2.75) is 32.9 Å². The highest BCUT2D eigenvalue weighted by atomic mass is 32.1. The van der Waals surface area contributed by atoms with Gasteiger partial charge in [0.2, 0.25) is 0 Å². The highest BCUT2D eigenvalue weighted by Crippen LogP contribution is 2.31. The average molecular weight is 409 g/mol. The van der Waals surface area contributed by atoms with Gasteiger partial charge in [-0.05, 0) is 54.8 Å². The normalized spacial score (nSPS) is 14.0. The summed E-state index contributed by atoms with van der Waals surface area (Å²) in [5.41, 5.74) is 3.57. The lowest BCUT2D eigenvalue weighted by atomic mass is 10.1. The molecule has 0 bridgehead atoms. The Balaban J connectivity index is 1.63. The predicted molar refractivity (Wildman–Crippen MR) is 114 cm³/mol. The molecular formula is C21H20N4OS2. The molecule has 0 fully saturated rings. The van der Waals surface area contributed by atoms with Gasteiger partial charge < -0.3 is 4.90 Å². The summed E-state index contributed by atoms with van der Waals surface area (Å²) >= 11 is 3.42. The monoisotopic (exact) mass is 408 g/mol. The van der Waals surface area contributed by atoms with E-state index in [1.54, 1.807) is 28.9 Å². The van der Waals surface area contributed by atoms with Crippen molar-refractivity contribution in [1.29, 1.82) is 0 Å². The molecule has 5 rings (SSSR count). The molecule has 1 aliphatic rings. The van der Waals surface area contributed by atoms with Gasteiger partial charge in [-0.2, -0.15) is 5.10 Å². The molecule has 1 amide bonds. The fraction of sp³-hybridized carbons (Fsp3) is 0.286. The van der Waals surface area contributed by atoms with E-state index in [2.05, 4.69) is 30.4 Å². The largest absolute Gasteiger partial charge is 0.334 e. The zero-order valence-electron chi connectivity index (χ0n) is 15.8. The molecule has 0 N–H and O–H groups in total. The van der Waals surface area contributed by atoms with Crippen LogP contribution in [0.4, 0.5) is 0 Å². The lowest BCUT2D eigenvalue weighted by Crippen LogP contribution is -2.35. The molecule has 0 aliphatic carbocycles. The van der Waals surface area contributed by atoms with E-state index >= 15 is 0 Å². The maximum absolute atomic E-state index is 13.5. The SMILES string of the molecule is CC(C)n1ncc2c(C(=O)N3CCc4sccc4C3)cc(-c3cccs3)nc21. The molecule has 4 aromatic heterocycles. The molecule has 0 saturated carbocycles. The highest BCUT2D eigenvalue weighted by Gasteiger charge is 2.26. The zero-order chi connectivity index (χ0) is 19.3. The van der Waals surface area contributed by atoms with Gasteiger partial charge in [0.1, 0.15) is 0 Å². The van der Waals surface area contributed by atoms with Crippen LogP contribution in [-0.2, 0) is 13.0 Å². The van der Waals surface area contributed by atoms with E-state index < -0.39 is 0 Å². The van der Waals surface area contributed by atoms with Gasteiger partial charge in [-0.3, -0.25) is 4.79 Å². The molecule has 4 aromatic rings. The van der Waals surface area contributed by atoms with Crippen LogP contribution in [0.5, 0.6) is 0 Å². The van der Waals surface area contributed by atoms with E-state index in [1.165, 1.54) is 10.4 Å². The van der Waals surface area contributed by atoms with Gasteiger partial charge in [0, 0.05) is 24.0 Å². The van der Waals surface area contributed by atoms with Gasteiger partial charge in [-0.15, -0.1) is 22.7 Å². The number of carbonyl (C=O) groups excluding carboxylic acids is 1. The molecule has 5 heterocycles. The Morgan fingerprint density at radius 2 is 2.11 bits per heavy atom. The molecule has 0 saturated heterocycles. The Kier molecular flexibility index (Phi) is 4.29. The van der Waals surface area contributed by atoms with Crippen molar-refractivity contribution in [3.8, 4) is 10.6 Å². The van der Waals surface area contributed by atoms with Crippen LogP contribution in [0.2, 0.25) is 0 Å². The summed E-state index contributed by atoms with van der Waals surface area (Å²) < 4.78 is 1.90. The molecule has 0 radical (unpaired) electrons. The van der Waals surface area contributed by atoms with Gasteiger partial charge in [-0.25, -0.2) is 9.67 Å². The van der Waals surface area contributed by atoms with E-state index in [-0.39, 0.29) is 11.9 Å². The molecular weight excluding hydrogens is 388 g/mol. The van der Waals surface area contributed by atoms with Crippen LogP contribution >= 0.6 is 22.7 Å². The fourth-order valence-electron chi connectivity index (χ4n) is 3.72. The lowest BCUT2D eigenvalue weighted by molar-refractivity contribution is 0.0738. The first-order chi connectivity index (χ1) is 13.6. The third-order valence-corrected chi connectivity index (χ3v) is 7.07. The summed E-state index contributed by atoms with van der Waals surface area (Å²) in [6, 6.07) is 8.30. The van der Waals surface area contributed by atoms with Gasteiger partial charge in [0.15, 0.2) is 5.65 Å². The van der Waals surface area contributed by atoms with Crippen LogP contribution in [0.15, 0.2) is 41.2 Å². The Labute approximate surface area is 171 Å². The van der Waals surface area contributed by atoms with Crippen LogP contribution < -0.4 is 0 Å². The zero-order valence-corrected chi connectivity index (χ0v) is 17.4. The Morgan fingerprint density at radius 3 is 2.89 bits per heavy atom. The second kappa shape index (κ2) is 6.83. The van der Waals surface area contributed by atoms with Gasteiger partial charge >= 0.3 is 0 Å². The minimum absolute atomic E-state index is 0.0605. The molecule has 1 aliphatic heterocycles. The number of aromatic nitrogens is 3. The number of thiophene rings is 2. The number of carbonyl (C=O) groups is 1. The smallest absolute Gasteiger partial charge is 0.255 e. The quantitative estimate of drug-likeness (QED) is 0.479. The summed E-state index contributed by atoms with van der Waals surface area (Å²) in [6.45, 7) is 5.59. The molecule has 28 heavy (non-hydrogen) atoms. The number of nitrogens with zero attached hydrogens (tertiary/aromatic N) is 4. The van der Waals surface area contributed by atoms with Crippen LogP contribution in [0.1, 0.15) is 40.7 Å². The first kappa shape index (κ1) is 17.6. The van der Waals surface area contributed by atoms with Crippen molar-refractivity contribution in [2.24, 2.45) is 0 Å².